The Labute approximate surface area is 159 Å². The molecule has 1 aromatic heterocycles. The predicted octanol–water partition coefficient (Wildman–Crippen LogP) is 1.76. The molecule has 0 aliphatic carbocycles. The van der Waals surface area contributed by atoms with Crippen LogP contribution < -0.4 is 15.4 Å². The molecule has 0 atom stereocenters. The number of nitrogens with zero attached hydrogens (tertiary/aromatic N) is 2. The number of carbonyl (C=O) groups excluding carboxylic acids is 1. The third-order valence-corrected chi connectivity index (χ3v) is 4.49. The van der Waals surface area contributed by atoms with Crippen molar-refractivity contribution in [1.29, 1.82) is 0 Å². The van der Waals surface area contributed by atoms with Gasteiger partial charge in [-0.1, -0.05) is 18.2 Å². The van der Waals surface area contributed by atoms with Crippen LogP contribution in [0.1, 0.15) is 16.1 Å². The quantitative estimate of drug-likeness (QED) is 0.738. The molecule has 1 saturated heterocycles. The van der Waals surface area contributed by atoms with Crippen LogP contribution >= 0.6 is 0 Å². The smallest absolute Gasteiger partial charge is 0.269 e. The third-order valence-electron chi connectivity index (χ3n) is 4.49. The van der Waals surface area contributed by atoms with E-state index in [0.29, 0.717) is 18.8 Å². The number of nitrogens with one attached hydrogen (secondary N) is 2. The Kier molecular flexibility index (Phi) is 7.01. The number of ether oxygens (including phenoxy) is 2. The number of benzene rings is 1. The van der Waals surface area contributed by atoms with Crippen LogP contribution in [0.15, 0.2) is 42.6 Å². The standard InChI is InChI=1S/C20H26N4O3/c1-26-19-5-3-2-4-16(19)14-22-17-6-7-18(23-15-17)20(25)21-8-9-24-10-12-27-13-11-24/h2-7,15,22H,8-14H2,1H3,(H,21,25). The van der Waals surface area contributed by atoms with Gasteiger partial charge in [-0.25, -0.2) is 4.98 Å². The lowest BCUT2D eigenvalue weighted by atomic mass is 10.2. The van der Waals surface area contributed by atoms with E-state index in [-0.39, 0.29) is 5.91 Å². The second kappa shape index (κ2) is 9.89. The monoisotopic (exact) mass is 370 g/mol. The molecule has 7 heteroatoms. The van der Waals surface area contributed by atoms with Crippen molar-refractivity contribution in [3.63, 3.8) is 0 Å². The van der Waals surface area contributed by atoms with E-state index in [1.165, 1.54) is 0 Å². The maximum absolute atomic E-state index is 12.2. The predicted molar refractivity (Wildman–Crippen MR) is 104 cm³/mol. The summed E-state index contributed by atoms with van der Waals surface area (Å²) in [6.45, 7) is 5.41. The highest BCUT2D eigenvalue weighted by molar-refractivity contribution is 5.92. The molecule has 7 nitrogen and oxygen atoms in total. The van der Waals surface area contributed by atoms with Crippen LogP contribution in [0.4, 0.5) is 5.69 Å². The summed E-state index contributed by atoms with van der Waals surface area (Å²) in [5, 5.41) is 6.21. The van der Waals surface area contributed by atoms with Crippen LogP contribution in [0.5, 0.6) is 5.75 Å². The molecule has 0 radical (unpaired) electrons. The normalized spacial score (nSPS) is 14.6. The molecule has 0 spiro atoms. The Hall–Kier alpha value is -2.64. The summed E-state index contributed by atoms with van der Waals surface area (Å²) < 4.78 is 10.7. The summed E-state index contributed by atoms with van der Waals surface area (Å²) in [7, 11) is 1.66. The van der Waals surface area contributed by atoms with Crippen molar-refractivity contribution in [2.45, 2.75) is 6.54 Å². The van der Waals surface area contributed by atoms with Crippen molar-refractivity contribution < 1.29 is 14.3 Å². The van der Waals surface area contributed by atoms with Gasteiger partial charge in [0, 0.05) is 38.3 Å². The number of hydrogen-bond acceptors (Lipinski definition) is 6. The van der Waals surface area contributed by atoms with Crippen LogP contribution in [0, 0.1) is 0 Å². The maximum Gasteiger partial charge on any atom is 0.269 e. The lowest BCUT2D eigenvalue weighted by Gasteiger charge is -2.26. The Morgan fingerprint density at radius 2 is 2.04 bits per heavy atom. The summed E-state index contributed by atoms with van der Waals surface area (Å²) in [5.41, 5.74) is 2.33. The average molecular weight is 370 g/mol. The Bertz CT molecular complexity index is 730. The van der Waals surface area contributed by atoms with E-state index in [1.54, 1.807) is 19.4 Å². The fourth-order valence-corrected chi connectivity index (χ4v) is 2.92. The molecule has 1 fully saturated rings. The number of morpholine rings is 1. The highest BCUT2D eigenvalue weighted by Crippen LogP contribution is 2.18. The summed E-state index contributed by atoms with van der Waals surface area (Å²) in [5.74, 6) is 0.689. The third kappa shape index (κ3) is 5.67. The van der Waals surface area contributed by atoms with E-state index >= 15 is 0 Å². The van der Waals surface area contributed by atoms with Gasteiger partial charge in [0.15, 0.2) is 0 Å². The zero-order chi connectivity index (χ0) is 18.9. The Morgan fingerprint density at radius 1 is 1.22 bits per heavy atom. The minimum absolute atomic E-state index is 0.153. The zero-order valence-electron chi connectivity index (χ0n) is 15.6. The van der Waals surface area contributed by atoms with E-state index < -0.39 is 0 Å². The van der Waals surface area contributed by atoms with Crippen molar-refractivity contribution in [2.75, 3.05) is 51.8 Å². The second-order valence-corrected chi connectivity index (χ2v) is 6.31. The Morgan fingerprint density at radius 3 is 2.78 bits per heavy atom. The van der Waals surface area contributed by atoms with Gasteiger partial charge in [0.1, 0.15) is 11.4 Å². The molecule has 144 valence electrons. The molecule has 1 aliphatic heterocycles. The first-order chi connectivity index (χ1) is 13.3. The number of amides is 1. The summed E-state index contributed by atoms with van der Waals surface area (Å²) in [6, 6.07) is 11.4. The molecular formula is C20H26N4O3. The number of rotatable bonds is 8. The molecule has 1 aliphatic rings. The summed E-state index contributed by atoms with van der Waals surface area (Å²) in [4.78, 5) is 18.7. The van der Waals surface area contributed by atoms with Gasteiger partial charge in [0.05, 0.1) is 32.2 Å². The van der Waals surface area contributed by atoms with Crippen molar-refractivity contribution in [3.05, 3.63) is 53.9 Å². The molecule has 0 bridgehead atoms. The summed E-state index contributed by atoms with van der Waals surface area (Å²) in [6.07, 6.45) is 1.67. The van der Waals surface area contributed by atoms with E-state index in [1.807, 2.05) is 30.3 Å². The number of carbonyl (C=O) groups is 1. The number of pyridine rings is 1. The minimum atomic E-state index is -0.153. The lowest BCUT2D eigenvalue weighted by molar-refractivity contribution is 0.0383. The molecule has 3 rings (SSSR count). The second-order valence-electron chi connectivity index (χ2n) is 6.31. The fourth-order valence-electron chi connectivity index (χ4n) is 2.92. The van der Waals surface area contributed by atoms with Crippen molar-refractivity contribution in [3.8, 4) is 5.75 Å². The lowest BCUT2D eigenvalue weighted by Crippen LogP contribution is -2.41. The van der Waals surface area contributed by atoms with Gasteiger partial charge in [0.25, 0.3) is 5.91 Å². The number of aromatic nitrogens is 1. The van der Waals surface area contributed by atoms with E-state index in [4.69, 9.17) is 9.47 Å². The first-order valence-corrected chi connectivity index (χ1v) is 9.16. The number of methoxy groups -OCH3 is 1. The maximum atomic E-state index is 12.2. The van der Waals surface area contributed by atoms with Crippen LogP contribution in [0.3, 0.4) is 0 Å². The van der Waals surface area contributed by atoms with Gasteiger partial charge in [0.2, 0.25) is 0 Å². The first kappa shape index (κ1) is 19.1. The minimum Gasteiger partial charge on any atom is -0.496 e. The number of hydrogen-bond donors (Lipinski definition) is 2. The van der Waals surface area contributed by atoms with Gasteiger partial charge in [-0.15, -0.1) is 0 Å². The van der Waals surface area contributed by atoms with Gasteiger partial charge < -0.3 is 20.1 Å². The molecule has 1 amide bonds. The van der Waals surface area contributed by atoms with Crippen LogP contribution in [-0.2, 0) is 11.3 Å². The molecule has 27 heavy (non-hydrogen) atoms. The highest BCUT2D eigenvalue weighted by atomic mass is 16.5. The molecule has 0 unspecified atom stereocenters. The Balaban J connectivity index is 1.45. The van der Waals surface area contributed by atoms with Crippen molar-refractivity contribution >= 4 is 11.6 Å². The number of anilines is 1. The van der Waals surface area contributed by atoms with Gasteiger partial charge in [-0.05, 0) is 18.2 Å². The average Bonchev–Trinajstić information content (AvgIpc) is 2.73. The van der Waals surface area contributed by atoms with E-state index in [0.717, 1.165) is 49.8 Å². The molecule has 0 saturated carbocycles. The van der Waals surface area contributed by atoms with Crippen molar-refractivity contribution in [2.24, 2.45) is 0 Å². The first-order valence-electron chi connectivity index (χ1n) is 9.16. The largest absolute Gasteiger partial charge is 0.496 e. The van der Waals surface area contributed by atoms with E-state index in [9.17, 15) is 4.79 Å². The number of para-hydroxylation sites is 1. The van der Waals surface area contributed by atoms with Gasteiger partial charge >= 0.3 is 0 Å². The van der Waals surface area contributed by atoms with Crippen LogP contribution in [0.25, 0.3) is 0 Å². The highest BCUT2D eigenvalue weighted by Gasteiger charge is 2.11. The topological polar surface area (TPSA) is 75.7 Å². The van der Waals surface area contributed by atoms with Gasteiger partial charge in [-0.3, -0.25) is 9.69 Å². The molecule has 2 N–H and O–H groups in total. The van der Waals surface area contributed by atoms with Crippen molar-refractivity contribution in [1.82, 2.24) is 15.2 Å². The molecule has 2 aromatic rings. The summed E-state index contributed by atoms with van der Waals surface area (Å²) >= 11 is 0. The van der Waals surface area contributed by atoms with Crippen LogP contribution in [-0.4, -0.2) is 62.3 Å². The zero-order valence-corrected chi connectivity index (χ0v) is 15.6. The van der Waals surface area contributed by atoms with E-state index in [2.05, 4.69) is 20.5 Å². The SMILES string of the molecule is COc1ccccc1CNc1ccc(C(=O)NCCN2CCOCC2)nc1. The fraction of sp³-hybridized carbons (Fsp3) is 0.400. The van der Waals surface area contributed by atoms with Gasteiger partial charge in [-0.2, -0.15) is 0 Å². The molecule has 1 aromatic carbocycles. The van der Waals surface area contributed by atoms with Crippen LogP contribution in [0.2, 0.25) is 0 Å². The molecular weight excluding hydrogens is 344 g/mol. The molecule has 2 heterocycles.